The highest BCUT2D eigenvalue weighted by Gasteiger charge is 2.19. The van der Waals surface area contributed by atoms with E-state index in [-0.39, 0.29) is 24.8 Å². The van der Waals surface area contributed by atoms with Gasteiger partial charge < -0.3 is 20.0 Å². The van der Waals surface area contributed by atoms with Crippen LogP contribution in [0.3, 0.4) is 0 Å². The fourth-order valence-electron chi connectivity index (χ4n) is 2.59. The lowest BCUT2D eigenvalue weighted by Gasteiger charge is -2.09. The maximum Gasteiger partial charge on any atom is 0.223 e. The molecule has 0 atom stereocenters. The van der Waals surface area contributed by atoms with Crippen LogP contribution in [-0.4, -0.2) is 46.5 Å². The van der Waals surface area contributed by atoms with Crippen molar-refractivity contribution >= 4 is 29.3 Å². The lowest BCUT2D eigenvalue weighted by molar-refractivity contribution is 0.311. The van der Waals surface area contributed by atoms with Crippen LogP contribution in [0.1, 0.15) is 0 Å². The molecular formula is C16H18FN4O2P. The maximum atomic E-state index is 14.2. The molecule has 0 amide bonds. The summed E-state index contributed by atoms with van der Waals surface area (Å²) in [4.78, 5) is 11.1. The van der Waals surface area contributed by atoms with Crippen molar-refractivity contribution in [3.05, 3.63) is 36.4 Å². The number of aliphatic hydroxyl groups is 1. The molecule has 3 rings (SSSR count). The minimum atomic E-state index is -2.48. The Morgan fingerprint density at radius 3 is 2.88 bits per heavy atom. The number of hydrogen-bond donors (Lipinski definition) is 3. The van der Waals surface area contributed by atoms with Gasteiger partial charge in [-0.15, -0.1) is 0 Å². The lowest BCUT2D eigenvalue weighted by atomic mass is 10.1. The van der Waals surface area contributed by atoms with Crippen molar-refractivity contribution in [2.75, 3.05) is 31.8 Å². The monoisotopic (exact) mass is 348 g/mol. The van der Waals surface area contributed by atoms with Crippen LogP contribution in [0.2, 0.25) is 0 Å². The summed E-state index contributed by atoms with van der Waals surface area (Å²) in [7, 11) is -2.48. The fourth-order valence-corrected chi connectivity index (χ4v) is 3.76. The number of nitrogens with zero attached hydrogens (tertiary/aromatic N) is 2. The van der Waals surface area contributed by atoms with E-state index >= 15 is 0 Å². The van der Waals surface area contributed by atoms with Crippen LogP contribution in [0, 0.1) is 5.82 Å². The standard InChI is InChI=1S/C16H18FN4O2P/c1-24(2,23)13-5-3-4-10-11(8-19-15(10)13)14-12(17)9-20-16(21-14)18-6-7-22/h3-5,8-9,19,22H,6-7H2,1-2H3,(H,18,20,21). The number of benzene rings is 1. The van der Waals surface area contributed by atoms with Gasteiger partial charge >= 0.3 is 0 Å². The number of aromatic nitrogens is 3. The van der Waals surface area contributed by atoms with Crippen LogP contribution in [0.4, 0.5) is 10.3 Å². The highest BCUT2D eigenvalue weighted by atomic mass is 31.2. The molecule has 3 N–H and O–H groups in total. The molecule has 0 unspecified atom stereocenters. The van der Waals surface area contributed by atoms with Gasteiger partial charge in [-0.25, -0.2) is 14.4 Å². The van der Waals surface area contributed by atoms with E-state index in [9.17, 15) is 8.96 Å². The van der Waals surface area contributed by atoms with E-state index in [1.807, 2.05) is 12.1 Å². The number of hydrogen-bond acceptors (Lipinski definition) is 5. The number of anilines is 1. The van der Waals surface area contributed by atoms with Crippen molar-refractivity contribution < 1.29 is 14.1 Å². The molecule has 0 aliphatic rings. The largest absolute Gasteiger partial charge is 0.395 e. The molecule has 0 bridgehead atoms. The number of rotatable bonds is 5. The van der Waals surface area contributed by atoms with Gasteiger partial charge in [-0.3, -0.25) is 0 Å². The van der Waals surface area contributed by atoms with Gasteiger partial charge in [-0.05, 0) is 19.4 Å². The van der Waals surface area contributed by atoms with Crippen molar-refractivity contribution in [2.45, 2.75) is 0 Å². The number of fused-ring (bicyclic) bond motifs is 1. The molecule has 24 heavy (non-hydrogen) atoms. The minimum absolute atomic E-state index is 0.0746. The zero-order chi connectivity index (χ0) is 17.3. The minimum Gasteiger partial charge on any atom is -0.395 e. The molecule has 0 aliphatic heterocycles. The second-order valence-electron chi connectivity index (χ2n) is 5.79. The zero-order valence-electron chi connectivity index (χ0n) is 13.4. The molecule has 0 spiro atoms. The van der Waals surface area contributed by atoms with Gasteiger partial charge in [0.25, 0.3) is 0 Å². The van der Waals surface area contributed by atoms with E-state index in [0.717, 1.165) is 22.4 Å². The summed E-state index contributed by atoms with van der Waals surface area (Å²) in [6.45, 7) is 3.60. The second-order valence-corrected chi connectivity index (χ2v) is 8.98. The quantitative estimate of drug-likeness (QED) is 0.616. The Bertz CT molecular complexity index is 935. The Morgan fingerprint density at radius 2 is 2.17 bits per heavy atom. The summed E-state index contributed by atoms with van der Waals surface area (Å²) >= 11 is 0. The first-order valence-corrected chi connectivity index (χ1v) is 10.0. The normalized spacial score (nSPS) is 11.8. The van der Waals surface area contributed by atoms with E-state index in [2.05, 4.69) is 20.3 Å². The van der Waals surface area contributed by atoms with Crippen molar-refractivity contribution in [3.63, 3.8) is 0 Å². The highest BCUT2D eigenvalue weighted by molar-refractivity contribution is 7.70. The van der Waals surface area contributed by atoms with E-state index in [1.54, 1.807) is 25.6 Å². The molecule has 2 heterocycles. The van der Waals surface area contributed by atoms with Gasteiger partial charge in [0.2, 0.25) is 5.95 Å². The highest BCUT2D eigenvalue weighted by Crippen LogP contribution is 2.39. The molecule has 8 heteroatoms. The Labute approximate surface area is 138 Å². The molecule has 6 nitrogen and oxygen atoms in total. The number of H-pyrrole nitrogens is 1. The number of halogens is 1. The number of aliphatic hydroxyl groups excluding tert-OH is 1. The van der Waals surface area contributed by atoms with Gasteiger partial charge in [-0.1, -0.05) is 12.1 Å². The molecule has 0 saturated heterocycles. The van der Waals surface area contributed by atoms with Crippen molar-refractivity contribution in [3.8, 4) is 11.3 Å². The van der Waals surface area contributed by atoms with Gasteiger partial charge in [0.05, 0.1) is 18.3 Å². The topological polar surface area (TPSA) is 90.9 Å². The van der Waals surface area contributed by atoms with Crippen molar-refractivity contribution in [1.29, 1.82) is 0 Å². The Balaban J connectivity index is 2.16. The number of aromatic amines is 1. The molecule has 1 aromatic carbocycles. The van der Waals surface area contributed by atoms with E-state index < -0.39 is 13.0 Å². The van der Waals surface area contributed by atoms with E-state index in [1.165, 1.54) is 0 Å². The fraction of sp³-hybridized carbons (Fsp3) is 0.250. The summed E-state index contributed by atoms with van der Waals surface area (Å²) < 4.78 is 26.7. The summed E-state index contributed by atoms with van der Waals surface area (Å²) in [5.41, 5.74) is 1.45. The maximum absolute atomic E-state index is 14.2. The first kappa shape index (κ1) is 16.6. The molecular weight excluding hydrogens is 330 g/mol. The van der Waals surface area contributed by atoms with Gasteiger partial charge in [0.15, 0.2) is 5.82 Å². The molecule has 3 aromatic rings. The number of para-hydroxylation sites is 1. The predicted octanol–water partition coefficient (Wildman–Crippen LogP) is 2.42. The summed E-state index contributed by atoms with van der Waals surface area (Å²) in [5.74, 6) is -0.311. The molecule has 0 saturated carbocycles. The van der Waals surface area contributed by atoms with Gasteiger partial charge in [0.1, 0.15) is 12.8 Å². The average molecular weight is 348 g/mol. The molecule has 0 fully saturated rings. The average Bonchev–Trinajstić information content (AvgIpc) is 2.97. The third-order valence-electron chi connectivity index (χ3n) is 3.67. The molecule has 0 aliphatic carbocycles. The van der Waals surface area contributed by atoms with E-state index in [4.69, 9.17) is 5.11 Å². The first-order valence-electron chi connectivity index (χ1n) is 7.45. The Kier molecular flexibility index (Phi) is 4.39. The van der Waals surface area contributed by atoms with Gasteiger partial charge in [-0.2, -0.15) is 0 Å². The van der Waals surface area contributed by atoms with Crippen LogP contribution >= 0.6 is 7.14 Å². The van der Waals surface area contributed by atoms with Crippen LogP contribution in [0.25, 0.3) is 22.2 Å². The Morgan fingerprint density at radius 1 is 1.38 bits per heavy atom. The van der Waals surface area contributed by atoms with Crippen molar-refractivity contribution in [2.24, 2.45) is 0 Å². The molecule has 126 valence electrons. The smallest absolute Gasteiger partial charge is 0.223 e. The van der Waals surface area contributed by atoms with Crippen molar-refractivity contribution in [1.82, 2.24) is 15.0 Å². The van der Waals surface area contributed by atoms with Crippen LogP contribution in [0.15, 0.2) is 30.6 Å². The van der Waals surface area contributed by atoms with Crippen LogP contribution in [-0.2, 0) is 4.57 Å². The number of nitrogens with one attached hydrogen (secondary N) is 2. The zero-order valence-corrected chi connectivity index (χ0v) is 14.3. The summed E-state index contributed by atoms with van der Waals surface area (Å²) in [5, 5.41) is 13.1. The Hall–Kier alpha value is -2.24. The third kappa shape index (κ3) is 3.05. The SMILES string of the molecule is CP(C)(=O)c1cccc2c(-c3nc(NCCO)ncc3F)c[nH]c12. The summed E-state index contributed by atoms with van der Waals surface area (Å²) in [6.07, 6.45) is 2.75. The second kappa shape index (κ2) is 6.34. The summed E-state index contributed by atoms with van der Waals surface area (Å²) in [6, 6.07) is 5.45. The van der Waals surface area contributed by atoms with Crippen LogP contribution in [0.5, 0.6) is 0 Å². The molecule has 0 radical (unpaired) electrons. The molecule has 2 aromatic heterocycles. The lowest BCUT2D eigenvalue weighted by Crippen LogP contribution is -2.09. The third-order valence-corrected chi connectivity index (χ3v) is 5.20. The van der Waals surface area contributed by atoms with E-state index in [0.29, 0.717) is 5.56 Å². The first-order chi connectivity index (χ1) is 11.4. The van der Waals surface area contributed by atoms with Gasteiger partial charge in [0, 0.05) is 29.0 Å². The predicted molar refractivity (Wildman–Crippen MR) is 93.9 cm³/mol. The van der Waals surface area contributed by atoms with Crippen LogP contribution < -0.4 is 10.6 Å².